The highest BCUT2D eigenvalue weighted by atomic mass is 32.2. The zero-order valence-corrected chi connectivity index (χ0v) is 14.9. The van der Waals surface area contributed by atoms with Gasteiger partial charge >= 0.3 is 5.51 Å². The fourth-order valence-corrected chi connectivity index (χ4v) is 3.69. The van der Waals surface area contributed by atoms with Crippen molar-refractivity contribution < 1.29 is 31.1 Å². The molecule has 2 aliphatic heterocycles. The van der Waals surface area contributed by atoms with Crippen LogP contribution in [0.1, 0.15) is 19.4 Å². The first-order valence-electron chi connectivity index (χ1n) is 7.81. The lowest BCUT2D eigenvalue weighted by molar-refractivity contribution is -0.128. The van der Waals surface area contributed by atoms with Crippen molar-refractivity contribution in [2.45, 2.75) is 29.9 Å². The van der Waals surface area contributed by atoms with Crippen molar-refractivity contribution in [3.8, 4) is 5.75 Å². The van der Waals surface area contributed by atoms with Crippen LogP contribution in [0.4, 0.5) is 13.2 Å². The average Bonchev–Trinajstić information content (AvgIpc) is 2.52. The number of sulfone groups is 1. The fraction of sp³-hybridized carbons (Fsp3) is 0.438. The Morgan fingerprint density at radius 3 is 2.58 bits per heavy atom. The molecule has 0 unspecified atom stereocenters. The number of ether oxygens (including phenoxy) is 1. The van der Waals surface area contributed by atoms with Crippen molar-refractivity contribution in [2.75, 3.05) is 19.6 Å². The number of halogens is 3. The van der Waals surface area contributed by atoms with Crippen LogP contribution in [0.3, 0.4) is 0 Å². The number of amides is 1. The van der Waals surface area contributed by atoms with Crippen LogP contribution in [0, 0.1) is 0 Å². The number of hydrogen-bond donors (Lipinski definition) is 1. The summed E-state index contributed by atoms with van der Waals surface area (Å²) < 4.78 is 67.8. The zero-order valence-electron chi connectivity index (χ0n) is 14.1. The van der Waals surface area contributed by atoms with E-state index in [0.717, 1.165) is 12.1 Å². The van der Waals surface area contributed by atoms with Gasteiger partial charge in [-0.3, -0.25) is 4.79 Å². The summed E-state index contributed by atoms with van der Waals surface area (Å²) in [5, 5.41) is 2.91. The molecule has 142 valence electrons. The molecule has 1 aromatic carbocycles. The highest BCUT2D eigenvalue weighted by Gasteiger charge is 2.47. The lowest BCUT2D eigenvalue weighted by atomic mass is 9.98. The third kappa shape index (κ3) is 3.18. The molecular weight excluding hydrogens is 373 g/mol. The largest absolute Gasteiger partial charge is 0.501 e. The van der Waals surface area contributed by atoms with Gasteiger partial charge in [0.15, 0.2) is 0 Å². The Hall–Kier alpha value is -2.07. The number of piperazine rings is 1. The van der Waals surface area contributed by atoms with Gasteiger partial charge in [-0.15, -0.1) is 0 Å². The maximum absolute atomic E-state index is 12.9. The van der Waals surface area contributed by atoms with Crippen molar-refractivity contribution in [1.29, 1.82) is 0 Å². The van der Waals surface area contributed by atoms with Gasteiger partial charge in [-0.1, -0.05) is 0 Å². The second-order valence-electron chi connectivity index (χ2n) is 6.56. The summed E-state index contributed by atoms with van der Waals surface area (Å²) in [6.45, 7) is 4.40. The Morgan fingerprint density at radius 2 is 1.96 bits per heavy atom. The fourth-order valence-electron chi connectivity index (χ4n) is 2.90. The van der Waals surface area contributed by atoms with Crippen LogP contribution < -0.4 is 10.1 Å². The summed E-state index contributed by atoms with van der Waals surface area (Å²) in [5.74, 6) is -0.0322. The minimum Gasteiger partial charge on any atom is -0.483 e. The van der Waals surface area contributed by atoms with Gasteiger partial charge in [-0.05, 0) is 38.1 Å². The molecule has 10 heteroatoms. The molecule has 0 radical (unpaired) electrons. The van der Waals surface area contributed by atoms with Gasteiger partial charge in [-0.2, -0.15) is 13.2 Å². The molecule has 1 fully saturated rings. The first-order chi connectivity index (χ1) is 11.9. The number of nitrogens with one attached hydrogen (secondary N) is 1. The molecule has 3 rings (SSSR count). The van der Waals surface area contributed by atoms with E-state index in [2.05, 4.69) is 5.32 Å². The van der Waals surface area contributed by atoms with Crippen molar-refractivity contribution in [3.63, 3.8) is 0 Å². The molecule has 2 aliphatic rings. The molecule has 0 aliphatic carbocycles. The number of benzene rings is 1. The van der Waals surface area contributed by atoms with E-state index in [9.17, 15) is 26.4 Å². The van der Waals surface area contributed by atoms with Gasteiger partial charge in [0, 0.05) is 18.7 Å². The van der Waals surface area contributed by atoms with Crippen molar-refractivity contribution >= 4 is 21.4 Å². The summed E-state index contributed by atoms with van der Waals surface area (Å²) in [5.41, 5.74) is -5.73. The predicted molar refractivity (Wildman–Crippen MR) is 86.9 cm³/mol. The van der Waals surface area contributed by atoms with Crippen molar-refractivity contribution in [3.05, 3.63) is 29.8 Å². The molecule has 1 aromatic rings. The summed E-state index contributed by atoms with van der Waals surface area (Å²) in [6.07, 6.45) is 1.61. The Kier molecular flexibility index (Phi) is 4.31. The van der Waals surface area contributed by atoms with Gasteiger partial charge in [0.05, 0.1) is 17.1 Å². The SMILES string of the molecule is CC1(C)C=C(N2CCNCC2=O)c2cc(S(=O)(=O)C(F)(F)F)ccc2O1. The molecule has 1 amide bonds. The van der Waals surface area contributed by atoms with E-state index in [1.54, 1.807) is 19.9 Å². The lowest BCUT2D eigenvalue weighted by Crippen LogP contribution is -2.48. The van der Waals surface area contributed by atoms with Gasteiger partial charge in [0.25, 0.3) is 9.84 Å². The minimum absolute atomic E-state index is 0.0918. The van der Waals surface area contributed by atoms with Crippen molar-refractivity contribution in [2.24, 2.45) is 0 Å². The smallest absolute Gasteiger partial charge is 0.483 e. The Bertz CT molecular complexity index is 891. The molecule has 1 N–H and O–H groups in total. The van der Waals surface area contributed by atoms with Crippen LogP contribution in [-0.4, -0.2) is 50.0 Å². The van der Waals surface area contributed by atoms with Crippen LogP contribution in [0.5, 0.6) is 5.75 Å². The Morgan fingerprint density at radius 1 is 1.27 bits per heavy atom. The molecule has 0 saturated carbocycles. The molecule has 2 heterocycles. The van der Waals surface area contributed by atoms with E-state index in [1.807, 2.05) is 0 Å². The maximum Gasteiger partial charge on any atom is 0.501 e. The minimum atomic E-state index is -5.50. The zero-order chi connectivity index (χ0) is 19.3. The third-order valence-corrected chi connectivity index (χ3v) is 5.56. The summed E-state index contributed by atoms with van der Waals surface area (Å²) in [6, 6.07) is 2.96. The normalized spacial score (nSPS) is 20.3. The summed E-state index contributed by atoms with van der Waals surface area (Å²) >= 11 is 0. The van der Waals surface area contributed by atoms with Gasteiger partial charge in [0.1, 0.15) is 11.4 Å². The number of fused-ring (bicyclic) bond motifs is 1. The van der Waals surface area contributed by atoms with Crippen LogP contribution in [0.25, 0.3) is 5.70 Å². The second-order valence-corrected chi connectivity index (χ2v) is 8.51. The van der Waals surface area contributed by atoms with E-state index >= 15 is 0 Å². The van der Waals surface area contributed by atoms with E-state index in [0.29, 0.717) is 18.8 Å². The first kappa shape index (κ1) is 18.7. The van der Waals surface area contributed by atoms with Gasteiger partial charge in [-0.25, -0.2) is 8.42 Å². The molecule has 0 atom stereocenters. The number of hydrogen-bond acceptors (Lipinski definition) is 5. The highest BCUT2D eigenvalue weighted by Crippen LogP contribution is 2.41. The number of carbonyl (C=O) groups excluding carboxylic acids is 1. The number of rotatable bonds is 2. The van der Waals surface area contributed by atoms with Gasteiger partial charge < -0.3 is 15.0 Å². The monoisotopic (exact) mass is 390 g/mol. The van der Waals surface area contributed by atoms with E-state index in [4.69, 9.17) is 4.74 Å². The molecule has 1 saturated heterocycles. The molecule has 0 aromatic heterocycles. The molecule has 26 heavy (non-hydrogen) atoms. The van der Waals surface area contributed by atoms with Crippen molar-refractivity contribution in [1.82, 2.24) is 10.2 Å². The Labute approximate surface area is 148 Å². The quantitative estimate of drug-likeness (QED) is 0.835. The molecular formula is C16H17F3N2O4S. The average molecular weight is 390 g/mol. The Balaban J connectivity index is 2.15. The number of nitrogens with zero attached hydrogens (tertiary/aromatic N) is 1. The third-order valence-electron chi connectivity index (χ3n) is 4.08. The van der Waals surface area contributed by atoms with E-state index in [-0.39, 0.29) is 23.8 Å². The molecule has 0 bridgehead atoms. The van der Waals surface area contributed by atoms with E-state index < -0.39 is 25.8 Å². The summed E-state index contributed by atoms with van der Waals surface area (Å²) in [7, 11) is -5.50. The maximum atomic E-state index is 12.9. The highest BCUT2D eigenvalue weighted by molar-refractivity contribution is 7.92. The van der Waals surface area contributed by atoms with Crippen LogP contribution in [0.15, 0.2) is 29.2 Å². The predicted octanol–water partition coefficient (Wildman–Crippen LogP) is 1.92. The molecule has 6 nitrogen and oxygen atoms in total. The van der Waals surface area contributed by atoms with Crippen LogP contribution in [0.2, 0.25) is 0 Å². The topological polar surface area (TPSA) is 75.7 Å². The standard InChI is InChI=1S/C16H17F3N2O4S/c1-15(2)8-12(21-6-5-20-9-14(21)22)11-7-10(3-4-13(11)25-15)26(23,24)16(17,18)19/h3-4,7-8,20H,5-6,9H2,1-2H3. The van der Waals surface area contributed by atoms with Crippen LogP contribution in [-0.2, 0) is 14.6 Å². The number of carbonyl (C=O) groups is 1. The number of alkyl halides is 3. The second kappa shape index (κ2) is 5.98. The lowest BCUT2D eigenvalue weighted by Gasteiger charge is -2.37. The summed E-state index contributed by atoms with van der Waals surface area (Å²) in [4.78, 5) is 12.8. The molecule has 0 spiro atoms. The van der Waals surface area contributed by atoms with E-state index in [1.165, 1.54) is 11.0 Å². The van der Waals surface area contributed by atoms with Gasteiger partial charge in [0.2, 0.25) is 5.91 Å². The first-order valence-corrected chi connectivity index (χ1v) is 9.29. The van der Waals surface area contributed by atoms with Crippen LogP contribution >= 0.6 is 0 Å².